The molecule has 1 aromatic rings. The second-order valence-corrected chi connectivity index (χ2v) is 8.78. The van der Waals surface area contributed by atoms with Crippen molar-refractivity contribution in [1.82, 2.24) is 0 Å². The summed E-state index contributed by atoms with van der Waals surface area (Å²) in [4.78, 5) is 23.6. The van der Waals surface area contributed by atoms with Gasteiger partial charge in [-0.15, -0.1) is 0 Å². The Kier molecular flexibility index (Phi) is 16.8. The highest BCUT2D eigenvalue weighted by Gasteiger charge is 2.15. The van der Waals surface area contributed by atoms with E-state index in [4.69, 9.17) is 28.4 Å². The van der Waals surface area contributed by atoms with Crippen LogP contribution < -0.4 is 5.32 Å². The number of benzene rings is 1. The maximum Gasteiger partial charge on any atom is 0.338 e. The Morgan fingerprint density at radius 2 is 1.29 bits per heavy atom. The molecule has 0 radical (unpaired) electrons. The standard InChI is InChI=1S/C26H43NO8/c1-5-6-12-27-23-9-7-22(8-10-23)25(29)34-21-20-33-19-18-32-17-16-31-15-14-30-13-11-24(28)35-26(2,3)4/h7-10,27H,5-6,11-21H2,1-4H3. The van der Waals surface area contributed by atoms with Gasteiger partial charge in [0.1, 0.15) is 12.2 Å². The van der Waals surface area contributed by atoms with Gasteiger partial charge in [-0.05, 0) is 51.5 Å². The first kappa shape index (κ1) is 30.8. The van der Waals surface area contributed by atoms with Crippen LogP contribution in [0.3, 0.4) is 0 Å². The molecule has 0 unspecified atom stereocenters. The third-order valence-electron chi connectivity index (χ3n) is 4.43. The van der Waals surface area contributed by atoms with E-state index in [1.54, 1.807) is 12.1 Å². The number of nitrogens with one attached hydrogen (secondary N) is 1. The molecule has 35 heavy (non-hydrogen) atoms. The molecular formula is C26H43NO8. The van der Waals surface area contributed by atoms with Gasteiger partial charge in [0.15, 0.2) is 0 Å². The molecule has 1 aromatic carbocycles. The topological polar surface area (TPSA) is 102 Å². The molecule has 0 saturated heterocycles. The van der Waals surface area contributed by atoms with E-state index in [1.807, 2.05) is 32.9 Å². The summed E-state index contributed by atoms with van der Waals surface area (Å²) < 4.78 is 32.0. The lowest BCUT2D eigenvalue weighted by molar-refractivity contribution is -0.156. The molecular weight excluding hydrogens is 454 g/mol. The van der Waals surface area contributed by atoms with Gasteiger partial charge in [0.2, 0.25) is 0 Å². The summed E-state index contributed by atoms with van der Waals surface area (Å²) in [6.07, 6.45) is 2.47. The van der Waals surface area contributed by atoms with Crippen molar-refractivity contribution in [3.05, 3.63) is 29.8 Å². The molecule has 0 aromatic heterocycles. The minimum Gasteiger partial charge on any atom is -0.460 e. The first-order valence-corrected chi connectivity index (χ1v) is 12.4. The smallest absolute Gasteiger partial charge is 0.338 e. The van der Waals surface area contributed by atoms with Gasteiger partial charge in [-0.3, -0.25) is 4.79 Å². The average molecular weight is 498 g/mol. The maximum atomic E-state index is 12.0. The summed E-state index contributed by atoms with van der Waals surface area (Å²) in [5.74, 6) is -0.635. The van der Waals surface area contributed by atoms with Gasteiger partial charge >= 0.3 is 11.9 Å². The third-order valence-corrected chi connectivity index (χ3v) is 4.43. The molecule has 0 amide bonds. The van der Waals surface area contributed by atoms with E-state index in [2.05, 4.69) is 12.2 Å². The highest BCUT2D eigenvalue weighted by Crippen LogP contribution is 2.11. The van der Waals surface area contributed by atoms with Crippen molar-refractivity contribution >= 4 is 17.6 Å². The van der Waals surface area contributed by atoms with Crippen LogP contribution in [0.2, 0.25) is 0 Å². The minimum absolute atomic E-state index is 0.187. The number of ether oxygens (including phenoxy) is 6. The fourth-order valence-corrected chi connectivity index (χ4v) is 2.72. The Morgan fingerprint density at radius 1 is 0.771 bits per heavy atom. The van der Waals surface area contributed by atoms with Crippen molar-refractivity contribution in [3.8, 4) is 0 Å². The lowest BCUT2D eigenvalue weighted by atomic mass is 10.2. The lowest BCUT2D eigenvalue weighted by Crippen LogP contribution is -2.24. The van der Waals surface area contributed by atoms with Crippen LogP contribution in [0, 0.1) is 0 Å². The maximum absolute atomic E-state index is 12.0. The molecule has 0 aliphatic rings. The summed E-state index contributed by atoms with van der Waals surface area (Å²) in [6, 6.07) is 7.26. The summed E-state index contributed by atoms with van der Waals surface area (Å²) in [6.45, 7) is 11.9. The van der Waals surface area contributed by atoms with E-state index in [0.29, 0.717) is 58.4 Å². The Hall–Kier alpha value is -2.20. The van der Waals surface area contributed by atoms with E-state index >= 15 is 0 Å². The first-order chi connectivity index (χ1) is 16.8. The molecule has 0 atom stereocenters. The average Bonchev–Trinajstić information content (AvgIpc) is 2.81. The Labute approximate surface area is 209 Å². The van der Waals surface area contributed by atoms with Gasteiger partial charge < -0.3 is 33.7 Å². The molecule has 0 bridgehead atoms. The molecule has 0 fully saturated rings. The van der Waals surface area contributed by atoms with Crippen LogP contribution in [0.4, 0.5) is 5.69 Å². The number of carbonyl (C=O) groups excluding carboxylic acids is 2. The Balaban J connectivity index is 1.88. The normalized spacial score (nSPS) is 11.3. The van der Waals surface area contributed by atoms with Gasteiger partial charge in [-0.1, -0.05) is 13.3 Å². The Bertz CT molecular complexity index is 688. The van der Waals surface area contributed by atoms with Crippen molar-refractivity contribution in [2.24, 2.45) is 0 Å². The Morgan fingerprint density at radius 3 is 1.80 bits per heavy atom. The van der Waals surface area contributed by atoms with Crippen LogP contribution in [-0.2, 0) is 33.2 Å². The van der Waals surface area contributed by atoms with Gasteiger partial charge in [0.25, 0.3) is 0 Å². The number of carbonyl (C=O) groups is 2. The van der Waals surface area contributed by atoms with E-state index in [0.717, 1.165) is 25.1 Å². The number of hydrogen-bond acceptors (Lipinski definition) is 9. The van der Waals surface area contributed by atoms with Crippen LogP contribution in [0.15, 0.2) is 24.3 Å². The largest absolute Gasteiger partial charge is 0.460 e. The molecule has 0 saturated carbocycles. The van der Waals surface area contributed by atoms with E-state index < -0.39 is 5.60 Å². The molecule has 1 rings (SSSR count). The third kappa shape index (κ3) is 17.8. The van der Waals surface area contributed by atoms with Crippen LogP contribution in [0.25, 0.3) is 0 Å². The fourth-order valence-electron chi connectivity index (χ4n) is 2.72. The number of hydrogen-bond donors (Lipinski definition) is 1. The van der Waals surface area contributed by atoms with Gasteiger partial charge in [0, 0.05) is 12.2 Å². The summed E-state index contributed by atoms with van der Waals surface area (Å²) in [7, 11) is 0. The number of unbranched alkanes of at least 4 members (excludes halogenated alkanes) is 1. The SMILES string of the molecule is CCCCNc1ccc(C(=O)OCCOCCOCCOCCOCCC(=O)OC(C)(C)C)cc1. The molecule has 0 heterocycles. The van der Waals surface area contributed by atoms with Crippen molar-refractivity contribution in [3.63, 3.8) is 0 Å². The quantitative estimate of drug-likeness (QED) is 0.213. The van der Waals surface area contributed by atoms with Crippen molar-refractivity contribution in [2.45, 2.75) is 52.6 Å². The number of esters is 2. The summed E-state index contributed by atoms with van der Waals surface area (Å²) in [5.41, 5.74) is 1.03. The predicted octanol–water partition coefficient (Wildman–Crippen LogP) is 3.85. The molecule has 0 aliphatic carbocycles. The van der Waals surface area contributed by atoms with Gasteiger partial charge in [0.05, 0.1) is 64.8 Å². The molecule has 9 nitrogen and oxygen atoms in total. The molecule has 200 valence electrons. The molecule has 0 spiro atoms. The number of rotatable bonds is 20. The zero-order valence-electron chi connectivity index (χ0n) is 21.8. The number of anilines is 1. The zero-order valence-corrected chi connectivity index (χ0v) is 21.8. The fraction of sp³-hybridized carbons (Fsp3) is 0.692. The second-order valence-electron chi connectivity index (χ2n) is 8.78. The van der Waals surface area contributed by atoms with E-state index in [1.165, 1.54) is 0 Å². The lowest BCUT2D eigenvalue weighted by Gasteiger charge is -2.19. The monoisotopic (exact) mass is 497 g/mol. The predicted molar refractivity (Wildman–Crippen MR) is 134 cm³/mol. The van der Waals surface area contributed by atoms with E-state index in [-0.39, 0.29) is 25.0 Å². The highest BCUT2D eigenvalue weighted by molar-refractivity contribution is 5.89. The van der Waals surface area contributed by atoms with E-state index in [9.17, 15) is 9.59 Å². The van der Waals surface area contributed by atoms with Gasteiger partial charge in [-0.2, -0.15) is 0 Å². The summed E-state index contributed by atoms with van der Waals surface area (Å²) in [5, 5.41) is 3.31. The summed E-state index contributed by atoms with van der Waals surface area (Å²) >= 11 is 0. The molecule has 9 heteroatoms. The van der Waals surface area contributed by atoms with Crippen LogP contribution >= 0.6 is 0 Å². The van der Waals surface area contributed by atoms with Crippen LogP contribution in [0.5, 0.6) is 0 Å². The minimum atomic E-state index is -0.475. The first-order valence-electron chi connectivity index (χ1n) is 12.4. The van der Waals surface area contributed by atoms with Crippen LogP contribution in [0.1, 0.15) is 57.3 Å². The van der Waals surface area contributed by atoms with Crippen molar-refractivity contribution in [2.75, 3.05) is 71.3 Å². The van der Waals surface area contributed by atoms with Gasteiger partial charge in [-0.25, -0.2) is 4.79 Å². The van der Waals surface area contributed by atoms with Crippen molar-refractivity contribution in [1.29, 1.82) is 0 Å². The second kappa shape index (κ2) is 19.0. The highest BCUT2D eigenvalue weighted by atomic mass is 16.6. The zero-order chi connectivity index (χ0) is 25.8. The molecule has 0 aliphatic heterocycles. The van der Waals surface area contributed by atoms with Crippen molar-refractivity contribution < 1.29 is 38.0 Å². The molecule has 1 N–H and O–H groups in total. The van der Waals surface area contributed by atoms with Crippen LogP contribution in [-0.4, -0.2) is 83.5 Å².